The average molecular weight is 190 g/mol. The minimum atomic E-state index is 0.176. The molecule has 0 amide bonds. The third kappa shape index (κ3) is 1.80. The molecule has 2 nitrogen and oxygen atoms in total. The van der Waals surface area contributed by atoms with Gasteiger partial charge in [-0.3, -0.25) is 4.98 Å². The summed E-state index contributed by atoms with van der Waals surface area (Å²) in [4.78, 5) is 4.66. The van der Waals surface area contributed by atoms with E-state index >= 15 is 0 Å². The molecule has 1 unspecified atom stereocenters. The zero-order valence-electron chi connectivity index (χ0n) is 8.79. The minimum Gasteiger partial charge on any atom is -0.323 e. The van der Waals surface area contributed by atoms with Crippen molar-refractivity contribution < 1.29 is 0 Å². The van der Waals surface area contributed by atoms with Crippen LogP contribution in [-0.4, -0.2) is 4.98 Å². The molecule has 1 heterocycles. The van der Waals surface area contributed by atoms with Gasteiger partial charge >= 0.3 is 0 Å². The van der Waals surface area contributed by atoms with Crippen LogP contribution in [0.2, 0.25) is 0 Å². The van der Waals surface area contributed by atoms with E-state index in [-0.39, 0.29) is 6.04 Å². The highest BCUT2D eigenvalue weighted by atomic mass is 14.8. The van der Waals surface area contributed by atoms with Crippen LogP contribution in [-0.2, 0) is 12.8 Å². The van der Waals surface area contributed by atoms with Crippen LogP contribution in [0, 0.1) is 0 Å². The lowest BCUT2D eigenvalue weighted by molar-refractivity contribution is 0.551. The molecular weight excluding hydrogens is 172 g/mol. The van der Waals surface area contributed by atoms with Crippen molar-refractivity contribution in [3.63, 3.8) is 0 Å². The Hall–Kier alpha value is -0.890. The minimum absolute atomic E-state index is 0.176. The molecule has 1 aliphatic carbocycles. The molecule has 2 rings (SSSR count). The number of nitrogens with two attached hydrogens (primary N) is 1. The van der Waals surface area contributed by atoms with Gasteiger partial charge in [0.1, 0.15) is 0 Å². The van der Waals surface area contributed by atoms with Gasteiger partial charge in [-0.2, -0.15) is 0 Å². The zero-order valence-corrected chi connectivity index (χ0v) is 8.79. The van der Waals surface area contributed by atoms with Crippen LogP contribution in [0.15, 0.2) is 12.1 Å². The average Bonchev–Trinajstić information content (AvgIpc) is 2.20. The standard InChI is InChI=1S/C12H18N2/c1-2-4-10-8-7-9-5-3-6-11(13)12(9)14-10/h7-8,11H,2-6,13H2,1H3. The van der Waals surface area contributed by atoms with Crippen molar-refractivity contribution in [2.24, 2.45) is 5.73 Å². The summed E-state index contributed by atoms with van der Waals surface area (Å²) >= 11 is 0. The van der Waals surface area contributed by atoms with Gasteiger partial charge in [0.15, 0.2) is 0 Å². The van der Waals surface area contributed by atoms with Crippen molar-refractivity contribution in [3.05, 3.63) is 29.1 Å². The molecule has 0 saturated heterocycles. The molecule has 1 aromatic heterocycles. The molecule has 1 aromatic rings. The van der Waals surface area contributed by atoms with Crippen LogP contribution >= 0.6 is 0 Å². The van der Waals surface area contributed by atoms with E-state index in [1.54, 1.807) is 0 Å². The molecule has 0 spiro atoms. The Bertz CT molecular complexity index is 320. The van der Waals surface area contributed by atoms with Gasteiger partial charge in [-0.1, -0.05) is 19.4 Å². The number of hydrogen-bond acceptors (Lipinski definition) is 2. The fourth-order valence-corrected chi connectivity index (χ4v) is 2.12. The summed E-state index contributed by atoms with van der Waals surface area (Å²) in [6, 6.07) is 4.54. The Morgan fingerprint density at radius 3 is 3.14 bits per heavy atom. The van der Waals surface area contributed by atoms with Crippen molar-refractivity contribution in [2.45, 2.75) is 45.1 Å². The van der Waals surface area contributed by atoms with Crippen LogP contribution in [0.5, 0.6) is 0 Å². The second kappa shape index (κ2) is 4.09. The quantitative estimate of drug-likeness (QED) is 0.777. The summed E-state index contributed by atoms with van der Waals surface area (Å²) in [7, 11) is 0. The number of rotatable bonds is 2. The maximum atomic E-state index is 6.05. The third-order valence-electron chi connectivity index (χ3n) is 2.89. The van der Waals surface area contributed by atoms with E-state index in [1.165, 1.54) is 17.7 Å². The number of nitrogens with zero attached hydrogens (tertiary/aromatic N) is 1. The Kier molecular flexibility index (Phi) is 2.82. The van der Waals surface area contributed by atoms with Gasteiger partial charge in [0.25, 0.3) is 0 Å². The second-order valence-electron chi connectivity index (χ2n) is 4.10. The Morgan fingerprint density at radius 1 is 1.50 bits per heavy atom. The molecule has 2 heteroatoms. The normalized spacial score (nSPS) is 20.6. The lowest BCUT2D eigenvalue weighted by Gasteiger charge is -2.21. The Morgan fingerprint density at radius 2 is 2.36 bits per heavy atom. The number of pyridine rings is 1. The van der Waals surface area contributed by atoms with Gasteiger partial charge in [0.2, 0.25) is 0 Å². The predicted molar refractivity (Wildman–Crippen MR) is 58.1 cm³/mol. The molecule has 1 aliphatic rings. The molecule has 76 valence electrons. The molecule has 0 bridgehead atoms. The summed E-state index contributed by atoms with van der Waals surface area (Å²) in [5.74, 6) is 0. The van der Waals surface area contributed by atoms with Crippen LogP contribution in [0.3, 0.4) is 0 Å². The lowest BCUT2D eigenvalue weighted by atomic mass is 9.92. The van der Waals surface area contributed by atoms with E-state index in [0.717, 1.165) is 31.4 Å². The van der Waals surface area contributed by atoms with E-state index in [9.17, 15) is 0 Å². The summed E-state index contributed by atoms with van der Waals surface area (Å²) in [5.41, 5.74) is 9.77. The maximum Gasteiger partial charge on any atom is 0.0606 e. The monoisotopic (exact) mass is 190 g/mol. The van der Waals surface area contributed by atoms with E-state index in [0.29, 0.717) is 0 Å². The Balaban J connectivity index is 2.31. The van der Waals surface area contributed by atoms with Crippen molar-refractivity contribution >= 4 is 0 Å². The van der Waals surface area contributed by atoms with Crippen LogP contribution < -0.4 is 5.73 Å². The first kappa shape index (κ1) is 9.66. The van der Waals surface area contributed by atoms with Crippen molar-refractivity contribution in [1.29, 1.82) is 0 Å². The molecule has 0 aliphatic heterocycles. The second-order valence-corrected chi connectivity index (χ2v) is 4.10. The highest BCUT2D eigenvalue weighted by Crippen LogP contribution is 2.26. The van der Waals surface area contributed by atoms with Gasteiger partial charge < -0.3 is 5.73 Å². The van der Waals surface area contributed by atoms with Crippen molar-refractivity contribution in [1.82, 2.24) is 4.98 Å². The van der Waals surface area contributed by atoms with Gasteiger partial charge in [-0.05, 0) is 37.3 Å². The largest absolute Gasteiger partial charge is 0.323 e. The van der Waals surface area contributed by atoms with Gasteiger partial charge in [-0.25, -0.2) is 0 Å². The first-order valence-electron chi connectivity index (χ1n) is 5.55. The summed E-state index contributed by atoms with van der Waals surface area (Å²) in [6.45, 7) is 2.18. The molecular formula is C12H18N2. The summed E-state index contributed by atoms with van der Waals surface area (Å²) in [5, 5.41) is 0. The van der Waals surface area contributed by atoms with E-state index < -0.39 is 0 Å². The predicted octanol–water partition coefficient (Wildman–Crippen LogP) is 2.37. The number of aryl methyl sites for hydroxylation is 2. The number of hydrogen-bond donors (Lipinski definition) is 1. The first-order chi connectivity index (χ1) is 6.81. The summed E-state index contributed by atoms with van der Waals surface area (Å²) in [6.07, 6.45) is 5.68. The van der Waals surface area contributed by atoms with Gasteiger partial charge in [0, 0.05) is 11.7 Å². The summed E-state index contributed by atoms with van der Waals surface area (Å²) < 4.78 is 0. The van der Waals surface area contributed by atoms with E-state index in [1.807, 2.05) is 0 Å². The molecule has 14 heavy (non-hydrogen) atoms. The first-order valence-corrected chi connectivity index (χ1v) is 5.55. The highest BCUT2D eigenvalue weighted by Gasteiger charge is 2.18. The number of fused-ring (bicyclic) bond motifs is 1. The topological polar surface area (TPSA) is 38.9 Å². The smallest absolute Gasteiger partial charge is 0.0606 e. The fraction of sp³-hybridized carbons (Fsp3) is 0.583. The number of aromatic nitrogens is 1. The molecule has 0 saturated carbocycles. The fourth-order valence-electron chi connectivity index (χ4n) is 2.12. The molecule has 0 radical (unpaired) electrons. The van der Waals surface area contributed by atoms with Gasteiger partial charge in [0.05, 0.1) is 5.69 Å². The van der Waals surface area contributed by atoms with Crippen molar-refractivity contribution in [3.8, 4) is 0 Å². The SMILES string of the molecule is CCCc1ccc2c(n1)C(N)CCC2. The third-order valence-corrected chi connectivity index (χ3v) is 2.89. The van der Waals surface area contributed by atoms with Gasteiger partial charge in [-0.15, -0.1) is 0 Å². The van der Waals surface area contributed by atoms with Crippen molar-refractivity contribution in [2.75, 3.05) is 0 Å². The maximum absolute atomic E-state index is 6.05. The molecule has 0 fully saturated rings. The van der Waals surface area contributed by atoms with E-state index in [2.05, 4.69) is 24.0 Å². The molecule has 2 N–H and O–H groups in total. The Labute approximate surface area is 85.5 Å². The molecule has 0 aromatic carbocycles. The van der Waals surface area contributed by atoms with Crippen LogP contribution in [0.4, 0.5) is 0 Å². The van der Waals surface area contributed by atoms with Crippen LogP contribution in [0.1, 0.15) is 49.2 Å². The zero-order chi connectivity index (χ0) is 9.97. The van der Waals surface area contributed by atoms with E-state index in [4.69, 9.17) is 5.73 Å². The van der Waals surface area contributed by atoms with Crippen LogP contribution in [0.25, 0.3) is 0 Å². The molecule has 1 atom stereocenters. The highest BCUT2D eigenvalue weighted by molar-refractivity contribution is 5.27. The lowest BCUT2D eigenvalue weighted by Crippen LogP contribution is -2.19.